The van der Waals surface area contributed by atoms with Crippen LogP contribution in [0.15, 0.2) is 12.4 Å². The first-order chi connectivity index (χ1) is 9.49. The van der Waals surface area contributed by atoms with Crippen molar-refractivity contribution in [3.05, 3.63) is 18.2 Å². The number of rotatable bonds is 1. The van der Waals surface area contributed by atoms with E-state index < -0.39 is 11.4 Å². The van der Waals surface area contributed by atoms with Gasteiger partial charge in [0.1, 0.15) is 5.82 Å². The molecule has 2 aliphatic heterocycles. The van der Waals surface area contributed by atoms with Crippen LogP contribution >= 0.6 is 0 Å². The highest BCUT2D eigenvalue weighted by Crippen LogP contribution is 2.31. The summed E-state index contributed by atoms with van der Waals surface area (Å²) in [6.07, 6.45) is 4.16. The summed E-state index contributed by atoms with van der Waals surface area (Å²) in [5.74, 6) is 0.0479. The topological polar surface area (TPSA) is 78.7 Å². The van der Waals surface area contributed by atoms with Gasteiger partial charge in [-0.3, -0.25) is 4.79 Å². The van der Waals surface area contributed by atoms with E-state index in [9.17, 15) is 14.7 Å². The van der Waals surface area contributed by atoms with E-state index in [0.29, 0.717) is 26.1 Å². The fraction of sp³-hybridized carbons (Fsp3) is 0.615. The number of carboxylic acid groups (broad SMARTS) is 1. The van der Waals surface area contributed by atoms with Gasteiger partial charge in [0.15, 0.2) is 0 Å². The zero-order chi connectivity index (χ0) is 14.3. The molecule has 0 saturated carbocycles. The highest BCUT2D eigenvalue weighted by atomic mass is 16.4. The predicted molar refractivity (Wildman–Crippen MR) is 70.0 cm³/mol. The molecule has 20 heavy (non-hydrogen) atoms. The minimum absolute atomic E-state index is 0.0794. The third-order valence-electron chi connectivity index (χ3n) is 4.28. The Balaban J connectivity index is 1.68. The first-order valence-electron chi connectivity index (χ1n) is 6.77. The van der Waals surface area contributed by atoms with Crippen LogP contribution in [0.1, 0.15) is 19.2 Å². The number of hydrogen-bond acceptors (Lipinski definition) is 3. The molecule has 0 aromatic carbocycles. The van der Waals surface area contributed by atoms with Crippen LogP contribution in [0.5, 0.6) is 0 Å². The van der Waals surface area contributed by atoms with Crippen molar-refractivity contribution in [1.82, 2.24) is 19.4 Å². The minimum atomic E-state index is -0.831. The third kappa shape index (κ3) is 2.03. The van der Waals surface area contributed by atoms with Crippen molar-refractivity contribution in [2.45, 2.75) is 26.4 Å². The maximum absolute atomic E-state index is 12.5. The van der Waals surface area contributed by atoms with Gasteiger partial charge in [-0.25, -0.2) is 9.78 Å². The summed E-state index contributed by atoms with van der Waals surface area (Å²) < 4.78 is 2.04. The van der Waals surface area contributed by atoms with Gasteiger partial charge in [-0.1, -0.05) is 0 Å². The molecule has 1 aromatic heterocycles. The maximum Gasteiger partial charge on any atom is 0.320 e. The molecule has 0 radical (unpaired) electrons. The van der Waals surface area contributed by atoms with Gasteiger partial charge in [0.05, 0.1) is 12.0 Å². The third-order valence-corrected chi connectivity index (χ3v) is 4.28. The Morgan fingerprint density at radius 2 is 2.10 bits per heavy atom. The van der Waals surface area contributed by atoms with Crippen LogP contribution in [-0.4, -0.2) is 56.1 Å². The van der Waals surface area contributed by atoms with E-state index >= 15 is 0 Å². The number of aliphatic carboxylic acids is 1. The zero-order valence-corrected chi connectivity index (χ0v) is 11.4. The normalized spacial score (nSPS) is 25.6. The number of imidazole rings is 1. The van der Waals surface area contributed by atoms with Crippen LogP contribution in [-0.2, 0) is 17.9 Å². The quantitative estimate of drug-likeness (QED) is 0.816. The Morgan fingerprint density at radius 1 is 1.30 bits per heavy atom. The monoisotopic (exact) mass is 278 g/mol. The Kier molecular flexibility index (Phi) is 2.92. The molecular formula is C13H18N4O3. The Bertz CT molecular complexity index is 556. The van der Waals surface area contributed by atoms with Gasteiger partial charge in [0, 0.05) is 38.6 Å². The second kappa shape index (κ2) is 4.50. The second-order valence-electron chi connectivity index (χ2n) is 5.78. The summed E-state index contributed by atoms with van der Waals surface area (Å²) >= 11 is 0. The molecule has 3 heterocycles. The highest BCUT2D eigenvalue weighted by molar-refractivity contribution is 5.79. The summed E-state index contributed by atoms with van der Waals surface area (Å²) in [5.41, 5.74) is -0.816. The van der Waals surface area contributed by atoms with Crippen LogP contribution in [0.3, 0.4) is 0 Å². The maximum atomic E-state index is 12.5. The molecule has 1 N–H and O–H groups in total. The highest BCUT2D eigenvalue weighted by Gasteiger charge is 2.43. The molecule has 2 aliphatic rings. The SMILES string of the molecule is CC1(C(=O)O)CCN(C(=O)N2CCn3ccnc3C2)C1. The number of carboxylic acids is 1. The lowest BCUT2D eigenvalue weighted by molar-refractivity contribution is -0.147. The summed E-state index contributed by atoms with van der Waals surface area (Å²) in [7, 11) is 0. The van der Waals surface area contributed by atoms with Crippen LogP contribution in [0, 0.1) is 5.41 Å². The Morgan fingerprint density at radius 3 is 2.80 bits per heavy atom. The van der Waals surface area contributed by atoms with E-state index in [1.807, 2.05) is 10.8 Å². The lowest BCUT2D eigenvalue weighted by Crippen LogP contribution is -2.46. The van der Waals surface area contributed by atoms with Crippen LogP contribution in [0.25, 0.3) is 0 Å². The number of likely N-dealkylation sites (tertiary alicyclic amines) is 1. The van der Waals surface area contributed by atoms with E-state index in [1.54, 1.807) is 22.9 Å². The van der Waals surface area contributed by atoms with E-state index in [4.69, 9.17) is 0 Å². The molecule has 7 nitrogen and oxygen atoms in total. The summed E-state index contributed by atoms with van der Waals surface area (Å²) in [6, 6.07) is -0.0794. The molecule has 0 aliphatic carbocycles. The molecule has 1 unspecified atom stereocenters. The molecule has 0 bridgehead atoms. The number of aromatic nitrogens is 2. The smallest absolute Gasteiger partial charge is 0.320 e. The molecule has 2 amide bonds. The van der Waals surface area contributed by atoms with E-state index in [1.165, 1.54) is 0 Å². The standard InChI is InChI=1S/C13H18N4O3/c1-13(11(18)19)2-4-17(9-13)12(20)16-7-6-15-5-3-14-10(15)8-16/h3,5H,2,4,6-9H2,1H3,(H,18,19). The molecule has 7 heteroatoms. The lowest BCUT2D eigenvalue weighted by Gasteiger charge is -2.31. The molecular weight excluding hydrogens is 260 g/mol. The van der Waals surface area contributed by atoms with Crippen molar-refractivity contribution < 1.29 is 14.7 Å². The largest absolute Gasteiger partial charge is 0.481 e. The van der Waals surface area contributed by atoms with Gasteiger partial charge < -0.3 is 19.5 Å². The van der Waals surface area contributed by atoms with Crippen molar-refractivity contribution in [3.63, 3.8) is 0 Å². The van der Waals surface area contributed by atoms with Crippen molar-refractivity contribution >= 4 is 12.0 Å². The number of carbonyl (C=O) groups is 2. The first kappa shape index (κ1) is 13.0. The van der Waals surface area contributed by atoms with Crippen molar-refractivity contribution in [2.24, 2.45) is 5.41 Å². The first-order valence-corrected chi connectivity index (χ1v) is 6.77. The van der Waals surface area contributed by atoms with Gasteiger partial charge in [-0.15, -0.1) is 0 Å². The fourth-order valence-corrected chi connectivity index (χ4v) is 2.84. The molecule has 108 valence electrons. The molecule has 1 saturated heterocycles. The molecule has 3 rings (SSSR count). The van der Waals surface area contributed by atoms with Gasteiger partial charge in [-0.05, 0) is 13.3 Å². The van der Waals surface area contributed by atoms with Gasteiger partial charge in [0.25, 0.3) is 0 Å². The average molecular weight is 278 g/mol. The lowest BCUT2D eigenvalue weighted by atomic mass is 9.90. The van der Waals surface area contributed by atoms with Crippen molar-refractivity contribution in [2.75, 3.05) is 19.6 Å². The summed E-state index contributed by atoms with van der Waals surface area (Å²) in [6.45, 7) is 4.36. The number of urea groups is 1. The van der Waals surface area contributed by atoms with Crippen molar-refractivity contribution in [1.29, 1.82) is 0 Å². The predicted octanol–water partition coefficient (Wildman–Crippen LogP) is 0.615. The Labute approximate surface area is 116 Å². The van der Waals surface area contributed by atoms with Crippen molar-refractivity contribution in [3.8, 4) is 0 Å². The van der Waals surface area contributed by atoms with Crippen LogP contribution in [0.4, 0.5) is 4.79 Å². The number of amides is 2. The second-order valence-corrected chi connectivity index (χ2v) is 5.78. The number of hydrogen-bond donors (Lipinski definition) is 1. The Hall–Kier alpha value is -2.05. The number of nitrogens with zero attached hydrogens (tertiary/aromatic N) is 4. The van der Waals surface area contributed by atoms with Crippen LogP contribution < -0.4 is 0 Å². The molecule has 1 aromatic rings. The number of carbonyl (C=O) groups excluding carboxylic acids is 1. The van der Waals surface area contributed by atoms with Gasteiger partial charge >= 0.3 is 12.0 Å². The molecule has 0 spiro atoms. The van der Waals surface area contributed by atoms with Crippen LogP contribution in [0.2, 0.25) is 0 Å². The fourth-order valence-electron chi connectivity index (χ4n) is 2.84. The summed E-state index contributed by atoms with van der Waals surface area (Å²) in [5, 5.41) is 9.22. The van der Waals surface area contributed by atoms with E-state index in [2.05, 4.69) is 4.98 Å². The molecule has 1 atom stereocenters. The minimum Gasteiger partial charge on any atom is -0.481 e. The van der Waals surface area contributed by atoms with E-state index in [0.717, 1.165) is 12.4 Å². The van der Waals surface area contributed by atoms with Gasteiger partial charge in [-0.2, -0.15) is 0 Å². The zero-order valence-electron chi connectivity index (χ0n) is 11.4. The number of fused-ring (bicyclic) bond motifs is 1. The average Bonchev–Trinajstić information content (AvgIpc) is 3.04. The summed E-state index contributed by atoms with van der Waals surface area (Å²) in [4.78, 5) is 31.3. The molecule has 1 fully saturated rings. The van der Waals surface area contributed by atoms with Gasteiger partial charge in [0.2, 0.25) is 0 Å². The van der Waals surface area contributed by atoms with E-state index in [-0.39, 0.29) is 12.6 Å².